The van der Waals surface area contributed by atoms with Crippen LogP contribution in [-0.2, 0) is 14.9 Å². The largest absolute Gasteiger partial charge is 0.494 e. The highest BCUT2D eigenvalue weighted by atomic mass is 16.5. The van der Waals surface area contributed by atoms with E-state index in [9.17, 15) is 4.79 Å². The number of likely N-dealkylation sites (N-methyl/N-ethyl adjacent to an activating group) is 1. The van der Waals surface area contributed by atoms with Crippen LogP contribution in [0.2, 0.25) is 0 Å². The lowest BCUT2D eigenvalue weighted by Crippen LogP contribution is -2.46. The van der Waals surface area contributed by atoms with Crippen molar-refractivity contribution in [2.45, 2.75) is 51.4 Å². The van der Waals surface area contributed by atoms with Crippen molar-refractivity contribution in [3.8, 4) is 5.75 Å². The van der Waals surface area contributed by atoms with Gasteiger partial charge in [-0.15, -0.1) is 0 Å². The molecule has 156 valence electrons. The Morgan fingerprint density at radius 3 is 2.46 bits per heavy atom. The van der Waals surface area contributed by atoms with E-state index in [1.165, 1.54) is 31.5 Å². The first kappa shape index (κ1) is 21.1. The van der Waals surface area contributed by atoms with Gasteiger partial charge in [0.1, 0.15) is 5.75 Å². The number of likely N-dealkylation sites (tertiary alicyclic amines) is 1. The van der Waals surface area contributed by atoms with Gasteiger partial charge in [0.2, 0.25) is 5.91 Å². The minimum atomic E-state index is -0.0196. The summed E-state index contributed by atoms with van der Waals surface area (Å²) in [6.45, 7) is 11.1. The van der Waals surface area contributed by atoms with Crippen molar-refractivity contribution in [3.63, 3.8) is 0 Å². The first-order valence-electron chi connectivity index (χ1n) is 10.9. The zero-order valence-electron chi connectivity index (χ0n) is 17.6. The maximum atomic E-state index is 12.0. The smallest absolute Gasteiger partial charge is 0.219 e. The summed E-state index contributed by atoms with van der Waals surface area (Å²) in [4.78, 5) is 16.5. The zero-order valence-corrected chi connectivity index (χ0v) is 17.6. The average Bonchev–Trinajstić information content (AvgIpc) is 3.24. The summed E-state index contributed by atoms with van der Waals surface area (Å²) >= 11 is 0. The van der Waals surface area contributed by atoms with Crippen molar-refractivity contribution in [2.24, 2.45) is 0 Å². The molecule has 1 amide bonds. The lowest BCUT2D eigenvalue weighted by atomic mass is 9.73. The van der Waals surface area contributed by atoms with E-state index in [1.807, 2.05) is 11.8 Å². The Morgan fingerprint density at radius 2 is 1.86 bits per heavy atom. The molecule has 2 aliphatic heterocycles. The van der Waals surface area contributed by atoms with Gasteiger partial charge in [0.25, 0.3) is 0 Å². The molecule has 0 spiro atoms. The molecule has 0 saturated carbocycles. The quantitative estimate of drug-likeness (QED) is 0.608. The normalized spacial score (nSPS) is 19.5. The summed E-state index contributed by atoms with van der Waals surface area (Å²) in [5.41, 5.74) is 1.27. The standard InChI is InChI=1S/C23H36N2O3/c1-3-25(20(2)26)19-23(11-17-27-18-12-23)21-7-9-22(10-8-21)28-16-6-15-24-13-4-5-14-24/h7-10H,3-6,11-19H2,1-2H3. The van der Waals surface area contributed by atoms with Gasteiger partial charge in [-0.1, -0.05) is 12.1 Å². The molecule has 0 aromatic heterocycles. The molecule has 2 aliphatic rings. The maximum Gasteiger partial charge on any atom is 0.219 e. The third-order valence-corrected chi connectivity index (χ3v) is 6.32. The van der Waals surface area contributed by atoms with Crippen molar-refractivity contribution in [2.75, 3.05) is 52.5 Å². The van der Waals surface area contributed by atoms with E-state index in [0.717, 1.165) is 64.5 Å². The van der Waals surface area contributed by atoms with Gasteiger partial charge in [0, 0.05) is 45.2 Å². The second-order valence-corrected chi connectivity index (χ2v) is 8.20. The monoisotopic (exact) mass is 388 g/mol. The zero-order chi connectivity index (χ0) is 19.8. The third kappa shape index (κ3) is 5.48. The number of benzene rings is 1. The number of hydrogen-bond acceptors (Lipinski definition) is 4. The summed E-state index contributed by atoms with van der Waals surface area (Å²) in [5, 5.41) is 0. The summed E-state index contributed by atoms with van der Waals surface area (Å²) in [7, 11) is 0. The van der Waals surface area contributed by atoms with Gasteiger partial charge in [-0.3, -0.25) is 4.79 Å². The van der Waals surface area contributed by atoms with Crippen LogP contribution in [0.3, 0.4) is 0 Å². The molecule has 2 saturated heterocycles. The molecule has 0 unspecified atom stereocenters. The van der Waals surface area contributed by atoms with E-state index in [0.29, 0.717) is 0 Å². The third-order valence-electron chi connectivity index (χ3n) is 6.32. The number of ether oxygens (including phenoxy) is 2. The molecule has 1 aromatic carbocycles. The number of carbonyl (C=O) groups is 1. The van der Waals surface area contributed by atoms with Crippen LogP contribution >= 0.6 is 0 Å². The van der Waals surface area contributed by atoms with Crippen molar-refractivity contribution in [3.05, 3.63) is 29.8 Å². The molecule has 2 heterocycles. The highest BCUT2D eigenvalue weighted by Gasteiger charge is 2.36. The Labute approximate surface area is 170 Å². The van der Waals surface area contributed by atoms with Crippen LogP contribution in [0.4, 0.5) is 0 Å². The molecular weight excluding hydrogens is 352 g/mol. The number of amides is 1. The summed E-state index contributed by atoms with van der Waals surface area (Å²) in [6.07, 6.45) is 5.66. The lowest BCUT2D eigenvalue weighted by Gasteiger charge is -2.41. The van der Waals surface area contributed by atoms with Crippen molar-refractivity contribution in [1.29, 1.82) is 0 Å². The van der Waals surface area contributed by atoms with Crippen LogP contribution in [0.15, 0.2) is 24.3 Å². The minimum absolute atomic E-state index is 0.0196. The summed E-state index contributed by atoms with van der Waals surface area (Å²) in [5.74, 6) is 1.08. The predicted octanol–water partition coefficient (Wildman–Crippen LogP) is 3.47. The fourth-order valence-electron chi connectivity index (χ4n) is 4.50. The van der Waals surface area contributed by atoms with Gasteiger partial charge in [0.15, 0.2) is 0 Å². The average molecular weight is 389 g/mol. The molecule has 2 fully saturated rings. The van der Waals surface area contributed by atoms with Crippen molar-refractivity contribution >= 4 is 5.91 Å². The topological polar surface area (TPSA) is 42.0 Å². The van der Waals surface area contributed by atoms with Crippen molar-refractivity contribution < 1.29 is 14.3 Å². The van der Waals surface area contributed by atoms with Crippen LogP contribution in [0.5, 0.6) is 5.75 Å². The van der Waals surface area contributed by atoms with Gasteiger partial charge >= 0.3 is 0 Å². The highest BCUT2D eigenvalue weighted by molar-refractivity contribution is 5.73. The molecule has 0 aliphatic carbocycles. The molecule has 0 atom stereocenters. The second-order valence-electron chi connectivity index (χ2n) is 8.20. The van der Waals surface area contributed by atoms with Crippen LogP contribution in [0.25, 0.3) is 0 Å². The van der Waals surface area contributed by atoms with Crippen LogP contribution in [0, 0.1) is 0 Å². The number of hydrogen-bond donors (Lipinski definition) is 0. The Morgan fingerprint density at radius 1 is 1.18 bits per heavy atom. The van der Waals surface area contributed by atoms with Gasteiger partial charge < -0.3 is 19.3 Å². The van der Waals surface area contributed by atoms with Gasteiger partial charge in [-0.2, -0.15) is 0 Å². The molecule has 1 aromatic rings. The Balaban J connectivity index is 1.58. The second kappa shape index (κ2) is 10.3. The van der Waals surface area contributed by atoms with E-state index >= 15 is 0 Å². The molecule has 28 heavy (non-hydrogen) atoms. The van der Waals surface area contributed by atoms with E-state index in [2.05, 4.69) is 29.2 Å². The van der Waals surface area contributed by atoms with Crippen LogP contribution in [-0.4, -0.2) is 68.3 Å². The Hall–Kier alpha value is -1.59. The Kier molecular flexibility index (Phi) is 7.74. The number of nitrogens with zero attached hydrogens (tertiary/aromatic N) is 2. The fraction of sp³-hybridized carbons (Fsp3) is 0.696. The molecule has 5 nitrogen and oxygen atoms in total. The molecular formula is C23H36N2O3. The number of rotatable bonds is 9. The maximum absolute atomic E-state index is 12.0. The SMILES string of the molecule is CCN(CC1(c2ccc(OCCCN3CCCC3)cc2)CCOCC1)C(C)=O. The lowest BCUT2D eigenvalue weighted by molar-refractivity contribution is -0.130. The first-order valence-corrected chi connectivity index (χ1v) is 10.9. The van der Waals surface area contributed by atoms with E-state index in [-0.39, 0.29) is 11.3 Å². The van der Waals surface area contributed by atoms with Gasteiger partial charge in [-0.25, -0.2) is 0 Å². The van der Waals surface area contributed by atoms with Gasteiger partial charge in [-0.05, 0) is 69.8 Å². The van der Waals surface area contributed by atoms with Gasteiger partial charge in [0.05, 0.1) is 6.61 Å². The number of carbonyl (C=O) groups excluding carboxylic acids is 1. The molecule has 3 rings (SSSR count). The predicted molar refractivity (Wildman–Crippen MR) is 112 cm³/mol. The van der Waals surface area contributed by atoms with Crippen LogP contribution in [0.1, 0.15) is 51.5 Å². The minimum Gasteiger partial charge on any atom is -0.494 e. The summed E-state index contributed by atoms with van der Waals surface area (Å²) in [6, 6.07) is 8.56. The molecule has 0 bridgehead atoms. The van der Waals surface area contributed by atoms with Crippen LogP contribution < -0.4 is 4.74 Å². The van der Waals surface area contributed by atoms with E-state index in [1.54, 1.807) is 6.92 Å². The summed E-state index contributed by atoms with van der Waals surface area (Å²) < 4.78 is 11.6. The van der Waals surface area contributed by atoms with E-state index in [4.69, 9.17) is 9.47 Å². The van der Waals surface area contributed by atoms with Crippen molar-refractivity contribution in [1.82, 2.24) is 9.80 Å². The highest BCUT2D eigenvalue weighted by Crippen LogP contribution is 2.36. The fourth-order valence-corrected chi connectivity index (χ4v) is 4.50. The molecule has 5 heteroatoms. The first-order chi connectivity index (χ1) is 13.6. The molecule has 0 radical (unpaired) electrons. The van der Waals surface area contributed by atoms with E-state index < -0.39 is 0 Å². The Bertz CT molecular complexity index is 605. The molecule has 0 N–H and O–H groups in total.